The smallest absolute Gasteiger partial charge is 0.416 e. The number of H-pyrrole nitrogens is 1. The number of carbonyl (C=O) groups is 1. The average Bonchev–Trinajstić information content (AvgIpc) is 3.35. The molecule has 1 aliphatic heterocycles. The summed E-state index contributed by atoms with van der Waals surface area (Å²) in [4.78, 5) is 13.9. The Labute approximate surface area is 167 Å². The van der Waals surface area contributed by atoms with Crippen molar-refractivity contribution in [3.05, 3.63) is 47.3 Å². The van der Waals surface area contributed by atoms with Crippen LogP contribution in [0.3, 0.4) is 0 Å². The molecule has 0 spiro atoms. The summed E-state index contributed by atoms with van der Waals surface area (Å²) >= 11 is 0. The van der Waals surface area contributed by atoms with E-state index in [9.17, 15) is 18.0 Å². The summed E-state index contributed by atoms with van der Waals surface area (Å²) in [5.74, 6) is 0.677. The van der Waals surface area contributed by atoms with E-state index in [0.29, 0.717) is 44.9 Å². The molecular formula is C20H24F3N3O3. The van der Waals surface area contributed by atoms with Crippen molar-refractivity contribution in [3.63, 3.8) is 0 Å². The molecule has 1 unspecified atom stereocenters. The monoisotopic (exact) mass is 411 g/mol. The number of hydrogen-bond acceptors (Lipinski definition) is 4. The third-order valence-electron chi connectivity index (χ3n) is 4.95. The molecule has 6 nitrogen and oxygen atoms in total. The van der Waals surface area contributed by atoms with Crippen LogP contribution in [0, 0.1) is 0 Å². The Kier molecular flexibility index (Phi) is 6.79. The average molecular weight is 411 g/mol. The zero-order valence-electron chi connectivity index (χ0n) is 16.2. The Morgan fingerprint density at radius 3 is 2.72 bits per heavy atom. The van der Waals surface area contributed by atoms with Gasteiger partial charge in [-0.05, 0) is 36.8 Å². The largest absolute Gasteiger partial charge is 0.493 e. The molecule has 0 bridgehead atoms. The minimum Gasteiger partial charge on any atom is -0.493 e. The summed E-state index contributed by atoms with van der Waals surface area (Å²) in [5, 5.41) is 7.32. The topological polar surface area (TPSA) is 67.4 Å². The summed E-state index contributed by atoms with van der Waals surface area (Å²) in [6.45, 7) is 2.10. The van der Waals surface area contributed by atoms with Crippen LogP contribution < -0.4 is 4.74 Å². The molecule has 1 saturated heterocycles. The first-order chi connectivity index (χ1) is 13.9. The molecular weight excluding hydrogens is 387 g/mol. The van der Waals surface area contributed by atoms with Crippen LogP contribution in [0.4, 0.5) is 13.2 Å². The number of nitrogens with zero attached hydrogens (tertiary/aromatic N) is 2. The summed E-state index contributed by atoms with van der Waals surface area (Å²) in [5.41, 5.74) is 1.10. The molecule has 3 rings (SSSR count). The summed E-state index contributed by atoms with van der Waals surface area (Å²) in [6, 6.07) is 6.60. The zero-order chi connectivity index (χ0) is 20.9. The Balaban J connectivity index is 1.45. The van der Waals surface area contributed by atoms with Crippen LogP contribution >= 0.6 is 0 Å². The van der Waals surface area contributed by atoms with Gasteiger partial charge in [0.25, 0.3) is 0 Å². The lowest BCUT2D eigenvalue weighted by atomic mass is 10.0. The van der Waals surface area contributed by atoms with Crippen molar-refractivity contribution in [3.8, 4) is 5.75 Å². The SMILES string of the molecule is COCCC(=O)N1CCC(c2cc(CCOc3ccc(C(F)(F)F)cc3)[nH]n2)C1. The van der Waals surface area contributed by atoms with E-state index in [1.807, 2.05) is 11.0 Å². The van der Waals surface area contributed by atoms with Gasteiger partial charge in [-0.15, -0.1) is 0 Å². The van der Waals surface area contributed by atoms with Crippen molar-refractivity contribution in [1.82, 2.24) is 15.1 Å². The van der Waals surface area contributed by atoms with Crippen molar-refractivity contribution >= 4 is 5.91 Å². The molecule has 1 aliphatic rings. The Morgan fingerprint density at radius 2 is 2.03 bits per heavy atom. The van der Waals surface area contributed by atoms with E-state index in [4.69, 9.17) is 9.47 Å². The molecule has 1 atom stereocenters. The number of ether oxygens (including phenoxy) is 2. The van der Waals surface area contributed by atoms with Gasteiger partial charge in [0.15, 0.2) is 0 Å². The highest BCUT2D eigenvalue weighted by atomic mass is 19.4. The predicted molar refractivity (Wildman–Crippen MR) is 99.7 cm³/mol. The highest BCUT2D eigenvalue weighted by Gasteiger charge is 2.30. The van der Waals surface area contributed by atoms with Gasteiger partial charge in [-0.2, -0.15) is 18.3 Å². The number of hydrogen-bond donors (Lipinski definition) is 1. The van der Waals surface area contributed by atoms with Crippen molar-refractivity contribution in [1.29, 1.82) is 0 Å². The second-order valence-corrected chi connectivity index (χ2v) is 7.01. The van der Waals surface area contributed by atoms with E-state index >= 15 is 0 Å². The molecule has 1 aromatic heterocycles. The number of aromatic amines is 1. The minimum absolute atomic E-state index is 0.0926. The number of alkyl halides is 3. The lowest BCUT2D eigenvalue weighted by molar-refractivity contribution is -0.137. The lowest BCUT2D eigenvalue weighted by Crippen LogP contribution is -2.29. The van der Waals surface area contributed by atoms with Crippen molar-refractivity contribution in [2.24, 2.45) is 0 Å². The van der Waals surface area contributed by atoms with Gasteiger partial charge in [0.1, 0.15) is 5.75 Å². The number of halogens is 3. The maximum Gasteiger partial charge on any atom is 0.416 e. The fourth-order valence-electron chi connectivity index (χ4n) is 3.31. The zero-order valence-corrected chi connectivity index (χ0v) is 16.2. The Bertz CT molecular complexity index is 805. The second kappa shape index (κ2) is 9.30. The summed E-state index contributed by atoms with van der Waals surface area (Å²) in [6.07, 6.45) is -2.55. The molecule has 0 aliphatic carbocycles. The number of aromatic nitrogens is 2. The molecule has 158 valence electrons. The normalized spacial score (nSPS) is 17.0. The minimum atomic E-state index is -4.35. The first kappa shape index (κ1) is 21.2. The van der Waals surface area contributed by atoms with Crippen molar-refractivity contribution in [2.45, 2.75) is 31.4 Å². The van der Waals surface area contributed by atoms with E-state index in [0.717, 1.165) is 29.9 Å². The van der Waals surface area contributed by atoms with Gasteiger partial charge in [0.05, 0.1) is 30.9 Å². The third-order valence-corrected chi connectivity index (χ3v) is 4.95. The molecule has 1 fully saturated rings. The number of rotatable bonds is 8. The maximum atomic E-state index is 12.6. The Hall–Kier alpha value is -2.55. The fraction of sp³-hybridized carbons (Fsp3) is 0.500. The maximum absolute atomic E-state index is 12.6. The van der Waals surface area contributed by atoms with Crippen LogP contribution in [0.2, 0.25) is 0 Å². The van der Waals surface area contributed by atoms with Gasteiger partial charge < -0.3 is 14.4 Å². The molecule has 0 saturated carbocycles. The summed E-state index contributed by atoms with van der Waals surface area (Å²) in [7, 11) is 1.58. The van der Waals surface area contributed by atoms with Crippen LogP contribution in [0.5, 0.6) is 5.75 Å². The van der Waals surface area contributed by atoms with Crippen LogP contribution in [-0.2, 0) is 22.1 Å². The third kappa shape index (κ3) is 5.72. The molecule has 1 N–H and O–H groups in total. The highest BCUT2D eigenvalue weighted by Crippen LogP contribution is 2.30. The van der Waals surface area contributed by atoms with E-state index in [2.05, 4.69) is 10.2 Å². The molecule has 9 heteroatoms. The lowest BCUT2D eigenvalue weighted by Gasteiger charge is -2.15. The molecule has 0 radical (unpaired) electrons. The van der Waals surface area contributed by atoms with Crippen molar-refractivity contribution in [2.75, 3.05) is 33.4 Å². The van der Waals surface area contributed by atoms with Gasteiger partial charge in [0.2, 0.25) is 5.91 Å². The van der Waals surface area contributed by atoms with E-state index < -0.39 is 11.7 Å². The predicted octanol–water partition coefficient (Wildman–Crippen LogP) is 3.40. The van der Waals surface area contributed by atoms with Crippen LogP contribution in [0.15, 0.2) is 30.3 Å². The molecule has 2 heterocycles. The van der Waals surface area contributed by atoms with Crippen molar-refractivity contribution < 1.29 is 27.4 Å². The summed E-state index contributed by atoms with van der Waals surface area (Å²) < 4.78 is 48.2. The van der Waals surface area contributed by atoms with E-state index in [1.165, 1.54) is 12.1 Å². The van der Waals surface area contributed by atoms with Gasteiger partial charge in [-0.3, -0.25) is 9.89 Å². The van der Waals surface area contributed by atoms with Gasteiger partial charge >= 0.3 is 6.18 Å². The van der Waals surface area contributed by atoms with E-state index in [1.54, 1.807) is 7.11 Å². The first-order valence-corrected chi connectivity index (χ1v) is 9.48. The Morgan fingerprint density at radius 1 is 1.28 bits per heavy atom. The standard InChI is InChI=1S/C20H24F3N3O3/c1-28-10-8-19(27)26-9-6-14(13-26)18-12-16(24-25-18)7-11-29-17-4-2-15(3-5-17)20(21,22)23/h2-5,12,14H,6-11,13H2,1H3,(H,24,25). The van der Waals surface area contributed by atoms with Gasteiger partial charge in [0, 0.05) is 38.2 Å². The number of amides is 1. The number of benzene rings is 1. The number of methoxy groups -OCH3 is 1. The first-order valence-electron chi connectivity index (χ1n) is 9.48. The molecule has 1 aromatic carbocycles. The van der Waals surface area contributed by atoms with Crippen LogP contribution in [0.1, 0.15) is 35.7 Å². The van der Waals surface area contributed by atoms with Gasteiger partial charge in [-0.1, -0.05) is 0 Å². The molecule has 29 heavy (non-hydrogen) atoms. The van der Waals surface area contributed by atoms with Crippen LogP contribution in [0.25, 0.3) is 0 Å². The quantitative estimate of drug-likeness (QED) is 0.723. The second-order valence-electron chi connectivity index (χ2n) is 7.01. The number of carbonyl (C=O) groups excluding carboxylic acids is 1. The van der Waals surface area contributed by atoms with Crippen LogP contribution in [-0.4, -0.2) is 54.4 Å². The highest BCUT2D eigenvalue weighted by molar-refractivity contribution is 5.76. The number of nitrogens with one attached hydrogen (secondary N) is 1. The van der Waals surface area contributed by atoms with Gasteiger partial charge in [-0.25, -0.2) is 0 Å². The number of likely N-dealkylation sites (tertiary alicyclic amines) is 1. The van der Waals surface area contributed by atoms with E-state index in [-0.39, 0.29) is 11.8 Å². The fourth-order valence-corrected chi connectivity index (χ4v) is 3.31. The molecule has 2 aromatic rings. The molecule has 1 amide bonds.